The molecule has 0 radical (unpaired) electrons. The zero-order valence-corrected chi connectivity index (χ0v) is 13.0. The van der Waals surface area contributed by atoms with Crippen molar-refractivity contribution in [3.05, 3.63) is 54.1 Å². The van der Waals surface area contributed by atoms with Crippen molar-refractivity contribution >= 4 is 15.7 Å². The third kappa shape index (κ3) is 3.58. The van der Waals surface area contributed by atoms with Gasteiger partial charge in [-0.05, 0) is 42.8 Å². The highest BCUT2D eigenvalue weighted by atomic mass is 32.2. The average molecular weight is 319 g/mol. The van der Waals surface area contributed by atoms with E-state index in [9.17, 15) is 8.42 Å². The van der Waals surface area contributed by atoms with Gasteiger partial charge in [-0.2, -0.15) is 0 Å². The number of para-hydroxylation sites is 1. The molecule has 6 heteroatoms. The number of aryl methyl sites for hydroxylation is 1. The molecule has 0 bridgehead atoms. The zero-order chi connectivity index (χ0) is 15.6. The molecule has 1 unspecified atom stereocenters. The Hall–Kier alpha value is -2.05. The summed E-state index contributed by atoms with van der Waals surface area (Å²) in [5.41, 5.74) is 1.31. The van der Waals surface area contributed by atoms with Crippen LogP contribution in [0, 0.1) is 6.92 Å². The van der Waals surface area contributed by atoms with Crippen molar-refractivity contribution in [2.75, 3.05) is 17.9 Å². The zero-order valence-electron chi connectivity index (χ0n) is 12.2. The number of anilines is 1. The van der Waals surface area contributed by atoms with Crippen LogP contribution in [0.3, 0.4) is 0 Å². The molecule has 2 aromatic carbocycles. The smallest absolute Gasteiger partial charge is 0.261 e. The standard InChI is InChI=1S/C16H17NO4S/c1-12-9-15(7-8-16(12)21-11-14-10-20-14)22(18,19)17-13-5-3-2-4-6-13/h2-9,14,17H,10-11H2,1H3. The molecule has 2 aromatic rings. The van der Waals surface area contributed by atoms with Crippen molar-refractivity contribution in [2.45, 2.75) is 17.9 Å². The molecular weight excluding hydrogens is 302 g/mol. The Balaban J connectivity index is 1.76. The number of rotatable bonds is 6. The first-order valence-electron chi connectivity index (χ1n) is 6.97. The van der Waals surface area contributed by atoms with Crippen LogP contribution >= 0.6 is 0 Å². The summed E-state index contributed by atoms with van der Waals surface area (Å²) in [4.78, 5) is 0.212. The highest BCUT2D eigenvalue weighted by Crippen LogP contribution is 2.24. The van der Waals surface area contributed by atoms with Crippen LogP contribution in [0.2, 0.25) is 0 Å². The van der Waals surface area contributed by atoms with Crippen LogP contribution in [0.5, 0.6) is 5.75 Å². The Morgan fingerprint density at radius 2 is 1.95 bits per heavy atom. The molecule has 22 heavy (non-hydrogen) atoms. The Morgan fingerprint density at radius 3 is 2.59 bits per heavy atom. The molecular formula is C16H17NO4S. The predicted molar refractivity (Wildman–Crippen MR) is 83.7 cm³/mol. The minimum absolute atomic E-state index is 0.169. The van der Waals surface area contributed by atoms with Crippen molar-refractivity contribution in [3.63, 3.8) is 0 Å². The number of sulfonamides is 1. The molecule has 116 valence electrons. The molecule has 1 aliphatic heterocycles. The summed E-state index contributed by atoms with van der Waals surface area (Å²) in [6.45, 7) is 3.05. The van der Waals surface area contributed by atoms with E-state index in [4.69, 9.17) is 9.47 Å². The van der Waals surface area contributed by atoms with Crippen LogP contribution in [-0.2, 0) is 14.8 Å². The van der Waals surface area contributed by atoms with Gasteiger partial charge in [-0.3, -0.25) is 4.72 Å². The van der Waals surface area contributed by atoms with Gasteiger partial charge in [0.25, 0.3) is 10.0 Å². The van der Waals surface area contributed by atoms with Crippen LogP contribution in [0.15, 0.2) is 53.4 Å². The first kappa shape index (κ1) is 14.9. The molecule has 1 heterocycles. The summed E-state index contributed by atoms with van der Waals surface area (Å²) in [7, 11) is -3.60. The molecule has 1 saturated heterocycles. The van der Waals surface area contributed by atoms with Crippen molar-refractivity contribution in [1.29, 1.82) is 0 Å². The lowest BCUT2D eigenvalue weighted by atomic mass is 10.2. The summed E-state index contributed by atoms with van der Waals surface area (Å²) in [5, 5.41) is 0. The second-order valence-corrected chi connectivity index (χ2v) is 6.85. The van der Waals surface area contributed by atoms with Crippen LogP contribution in [0.25, 0.3) is 0 Å². The third-order valence-electron chi connectivity index (χ3n) is 3.31. The fourth-order valence-corrected chi connectivity index (χ4v) is 3.16. The number of nitrogens with one attached hydrogen (secondary N) is 1. The van der Waals surface area contributed by atoms with Crippen molar-refractivity contribution in [1.82, 2.24) is 0 Å². The molecule has 5 nitrogen and oxygen atoms in total. The molecule has 1 fully saturated rings. The Kier molecular flexibility index (Phi) is 4.04. The molecule has 1 N–H and O–H groups in total. The molecule has 1 aliphatic rings. The van der Waals surface area contributed by atoms with Crippen LogP contribution in [0.1, 0.15) is 5.56 Å². The second-order valence-electron chi connectivity index (χ2n) is 5.17. The molecule has 0 aromatic heterocycles. The van der Waals surface area contributed by atoms with Gasteiger partial charge < -0.3 is 9.47 Å². The molecule has 3 rings (SSSR count). The Morgan fingerprint density at radius 1 is 1.23 bits per heavy atom. The third-order valence-corrected chi connectivity index (χ3v) is 4.69. The monoisotopic (exact) mass is 319 g/mol. The number of hydrogen-bond donors (Lipinski definition) is 1. The SMILES string of the molecule is Cc1cc(S(=O)(=O)Nc2ccccc2)ccc1OCC1CO1. The number of epoxide rings is 1. The maximum Gasteiger partial charge on any atom is 0.261 e. The Labute approximate surface area is 129 Å². The normalized spacial score (nSPS) is 17.0. The van der Waals surface area contributed by atoms with Crippen molar-refractivity contribution in [2.24, 2.45) is 0 Å². The predicted octanol–water partition coefficient (Wildman–Crippen LogP) is 2.57. The van der Waals surface area contributed by atoms with E-state index in [2.05, 4.69) is 4.72 Å². The van der Waals surface area contributed by atoms with E-state index >= 15 is 0 Å². The van der Waals surface area contributed by atoms with Gasteiger partial charge in [0.2, 0.25) is 0 Å². The van der Waals surface area contributed by atoms with Crippen molar-refractivity contribution < 1.29 is 17.9 Å². The van der Waals surface area contributed by atoms with Crippen LogP contribution in [0.4, 0.5) is 5.69 Å². The number of benzene rings is 2. The number of hydrogen-bond acceptors (Lipinski definition) is 4. The summed E-state index contributed by atoms with van der Waals surface area (Å²) in [6.07, 6.45) is 0.169. The first-order chi connectivity index (χ1) is 10.5. The van der Waals surface area contributed by atoms with Gasteiger partial charge in [0.05, 0.1) is 11.5 Å². The van der Waals surface area contributed by atoms with Gasteiger partial charge in [-0.1, -0.05) is 18.2 Å². The second kappa shape index (κ2) is 5.98. The van der Waals surface area contributed by atoms with Crippen molar-refractivity contribution in [3.8, 4) is 5.75 Å². The minimum Gasteiger partial charge on any atom is -0.491 e. The van der Waals surface area contributed by atoms with E-state index in [1.54, 1.807) is 42.5 Å². The maximum absolute atomic E-state index is 12.4. The van der Waals surface area contributed by atoms with Crippen LogP contribution < -0.4 is 9.46 Å². The van der Waals surface area contributed by atoms with E-state index in [-0.39, 0.29) is 11.0 Å². The van der Waals surface area contributed by atoms with Gasteiger partial charge in [0.15, 0.2) is 0 Å². The Bertz CT molecular complexity index is 755. The average Bonchev–Trinajstić information content (AvgIpc) is 3.31. The van der Waals surface area contributed by atoms with Gasteiger partial charge in [-0.25, -0.2) is 8.42 Å². The first-order valence-corrected chi connectivity index (χ1v) is 8.46. The summed E-state index contributed by atoms with van der Waals surface area (Å²) in [6, 6.07) is 13.6. The highest BCUT2D eigenvalue weighted by molar-refractivity contribution is 7.92. The molecule has 0 amide bonds. The number of ether oxygens (including phenoxy) is 2. The lowest BCUT2D eigenvalue weighted by Gasteiger charge is -2.11. The maximum atomic E-state index is 12.4. The van der Waals surface area contributed by atoms with E-state index in [0.29, 0.717) is 18.0 Å². The van der Waals surface area contributed by atoms with Gasteiger partial charge in [-0.15, -0.1) is 0 Å². The quantitative estimate of drug-likeness (QED) is 0.831. The van der Waals surface area contributed by atoms with Gasteiger partial charge in [0, 0.05) is 5.69 Å². The van der Waals surface area contributed by atoms with Gasteiger partial charge in [0.1, 0.15) is 18.5 Å². The lowest BCUT2D eigenvalue weighted by molar-refractivity contribution is 0.261. The van der Waals surface area contributed by atoms with Crippen LogP contribution in [-0.4, -0.2) is 27.7 Å². The largest absolute Gasteiger partial charge is 0.491 e. The summed E-state index contributed by atoms with van der Waals surface area (Å²) in [5.74, 6) is 0.675. The van der Waals surface area contributed by atoms with Gasteiger partial charge >= 0.3 is 0 Å². The van der Waals surface area contributed by atoms with E-state index < -0.39 is 10.0 Å². The van der Waals surface area contributed by atoms with E-state index in [1.807, 2.05) is 13.0 Å². The fourth-order valence-electron chi connectivity index (χ4n) is 2.02. The molecule has 0 spiro atoms. The summed E-state index contributed by atoms with van der Waals surface area (Å²) < 4.78 is 38.0. The summed E-state index contributed by atoms with van der Waals surface area (Å²) >= 11 is 0. The van der Waals surface area contributed by atoms with E-state index in [1.165, 1.54) is 0 Å². The lowest BCUT2D eigenvalue weighted by Crippen LogP contribution is -2.13. The minimum atomic E-state index is -3.60. The molecule has 1 atom stereocenters. The molecule has 0 saturated carbocycles. The molecule has 0 aliphatic carbocycles. The fraction of sp³-hybridized carbons (Fsp3) is 0.250. The topological polar surface area (TPSA) is 67.9 Å². The van der Waals surface area contributed by atoms with E-state index in [0.717, 1.165) is 12.2 Å². The highest BCUT2D eigenvalue weighted by Gasteiger charge is 2.23.